The SMILES string of the molecule is CC1CCC2(CC[C@H]3[C@@H]4CCC5=CC(=O)CCC5=C4[C@@H](c4ccc(N5CCCCC5)cc4)C[C@@]32C)N1O. The van der Waals surface area contributed by atoms with Gasteiger partial charge >= 0.3 is 0 Å². The molecule has 2 heterocycles. The van der Waals surface area contributed by atoms with E-state index in [1.165, 1.54) is 61.2 Å². The Kier molecular flexibility index (Phi) is 5.75. The number of fused-ring (bicyclic) bond motifs is 5. The summed E-state index contributed by atoms with van der Waals surface area (Å²) >= 11 is 0. The minimum atomic E-state index is -0.0854. The van der Waals surface area contributed by atoms with E-state index in [1.807, 2.05) is 11.1 Å². The zero-order valence-corrected chi connectivity index (χ0v) is 22.8. The number of hydrogen-bond acceptors (Lipinski definition) is 4. The van der Waals surface area contributed by atoms with Crippen LogP contribution in [0.4, 0.5) is 5.69 Å². The largest absolute Gasteiger partial charge is 0.372 e. The second kappa shape index (κ2) is 8.81. The fourth-order valence-corrected chi connectivity index (χ4v) is 10.0. The van der Waals surface area contributed by atoms with Crippen LogP contribution in [-0.4, -0.2) is 40.7 Å². The van der Waals surface area contributed by atoms with E-state index in [-0.39, 0.29) is 17.0 Å². The number of carbonyl (C=O) groups excluding carboxylic acids is 1. The summed E-state index contributed by atoms with van der Waals surface area (Å²) < 4.78 is 0. The van der Waals surface area contributed by atoms with E-state index in [0.717, 1.165) is 44.9 Å². The average Bonchev–Trinajstić information content (AvgIpc) is 3.39. The maximum atomic E-state index is 12.4. The van der Waals surface area contributed by atoms with Crippen LogP contribution in [0.25, 0.3) is 0 Å². The van der Waals surface area contributed by atoms with Crippen molar-refractivity contribution in [2.24, 2.45) is 17.3 Å². The van der Waals surface area contributed by atoms with Crippen molar-refractivity contribution in [3.8, 4) is 0 Å². The molecule has 0 radical (unpaired) electrons. The van der Waals surface area contributed by atoms with Crippen LogP contribution in [0.15, 0.2) is 47.1 Å². The molecule has 1 spiro atoms. The predicted octanol–water partition coefficient (Wildman–Crippen LogP) is 7.19. The van der Waals surface area contributed by atoms with Crippen LogP contribution in [0.1, 0.15) is 102 Å². The van der Waals surface area contributed by atoms with Crippen LogP contribution in [0, 0.1) is 17.3 Å². The Hall–Kier alpha value is -1.91. The minimum Gasteiger partial charge on any atom is -0.372 e. The van der Waals surface area contributed by atoms with Crippen molar-refractivity contribution in [1.29, 1.82) is 0 Å². The maximum absolute atomic E-state index is 12.4. The highest BCUT2D eigenvalue weighted by Gasteiger charge is 2.67. The normalized spacial score (nSPS) is 40.0. The Morgan fingerprint density at radius 1 is 0.946 bits per heavy atom. The van der Waals surface area contributed by atoms with Gasteiger partial charge in [0.05, 0.1) is 5.54 Å². The zero-order chi connectivity index (χ0) is 25.4. The average molecular weight is 501 g/mol. The molecule has 0 bridgehead atoms. The molecule has 1 aromatic carbocycles. The van der Waals surface area contributed by atoms with Crippen LogP contribution >= 0.6 is 0 Å². The third-order valence-corrected chi connectivity index (χ3v) is 11.9. The van der Waals surface area contributed by atoms with Gasteiger partial charge in [-0.15, -0.1) is 0 Å². The molecule has 4 aliphatic carbocycles. The van der Waals surface area contributed by atoms with Crippen molar-refractivity contribution in [2.45, 2.75) is 108 Å². The molecule has 4 nitrogen and oxygen atoms in total. The van der Waals surface area contributed by atoms with Gasteiger partial charge in [-0.05, 0) is 130 Å². The number of rotatable bonds is 2. The Morgan fingerprint density at radius 2 is 1.70 bits per heavy atom. The molecule has 4 fully saturated rings. The number of nitrogens with zero attached hydrogens (tertiary/aromatic N) is 2. The summed E-state index contributed by atoms with van der Waals surface area (Å²) in [5.41, 5.74) is 7.38. The van der Waals surface area contributed by atoms with E-state index >= 15 is 0 Å². The molecule has 37 heavy (non-hydrogen) atoms. The Morgan fingerprint density at radius 3 is 2.43 bits per heavy atom. The molecule has 1 aromatic rings. The Balaban J connectivity index is 1.32. The molecule has 2 aliphatic heterocycles. The first kappa shape index (κ1) is 24.2. The summed E-state index contributed by atoms with van der Waals surface area (Å²) in [4.78, 5) is 14.9. The van der Waals surface area contributed by atoms with Crippen LogP contribution in [-0.2, 0) is 4.79 Å². The Labute approximate surface area is 222 Å². The van der Waals surface area contributed by atoms with Gasteiger partial charge < -0.3 is 10.1 Å². The lowest BCUT2D eigenvalue weighted by atomic mass is 9.50. The molecule has 198 valence electrons. The zero-order valence-electron chi connectivity index (χ0n) is 22.8. The monoisotopic (exact) mass is 500 g/mol. The topological polar surface area (TPSA) is 43.8 Å². The standard InChI is InChI=1S/C33H44N2O2/c1-22-14-16-33(35(22)37)17-15-30-28-12-8-24-20-26(36)11-13-27(24)31(28)29(21-32(30,33)2)23-6-9-25(10-7-23)34-18-4-3-5-19-34/h6-7,9-10,20,22,28-30,37H,3-5,8,11-19,21H2,1-2H3/t22?,28-,29+,30-,32-,33?/m0/s1. The number of allylic oxidation sites excluding steroid dienone is 4. The summed E-state index contributed by atoms with van der Waals surface area (Å²) in [5, 5.41) is 13.3. The van der Waals surface area contributed by atoms with Gasteiger partial charge in [0.25, 0.3) is 0 Å². The van der Waals surface area contributed by atoms with Crippen LogP contribution in [0.3, 0.4) is 0 Å². The molecule has 1 N–H and O–H groups in total. The number of anilines is 1. The van der Waals surface area contributed by atoms with Crippen molar-refractivity contribution in [2.75, 3.05) is 18.0 Å². The van der Waals surface area contributed by atoms with Gasteiger partial charge in [0, 0.05) is 37.2 Å². The summed E-state index contributed by atoms with van der Waals surface area (Å²) in [6.07, 6.45) is 15.4. The van der Waals surface area contributed by atoms with Crippen molar-refractivity contribution >= 4 is 11.5 Å². The molecule has 6 atom stereocenters. The minimum absolute atomic E-state index is 0.0854. The summed E-state index contributed by atoms with van der Waals surface area (Å²) in [7, 11) is 0. The van der Waals surface area contributed by atoms with E-state index in [0.29, 0.717) is 30.0 Å². The van der Waals surface area contributed by atoms with Crippen molar-refractivity contribution in [3.63, 3.8) is 0 Å². The van der Waals surface area contributed by atoms with Crippen molar-refractivity contribution < 1.29 is 10.0 Å². The van der Waals surface area contributed by atoms with Gasteiger partial charge in [-0.1, -0.05) is 24.6 Å². The molecular formula is C33H44N2O2. The van der Waals surface area contributed by atoms with Crippen molar-refractivity contribution in [1.82, 2.24) is 5.06 Å². The summed E-state index contributed by atoms with van der Waals surface area (Å²) in [6, 6.07) is 9.84. The van der Waals surface area contributed by atoms with Crippen LogP contribution < -0.4 is 4.90 Å². The van der Waals surface area contributed by atoms with E-state index in [2.05, 4.69) is 43.0 Å². The van der Waals surface area contributed by atoms with Crippen LogP contribution in [0.2, 0.25) is 0 Å². The number of ketones is 1. The molecule has 2 unspecified atom stereocenters. The maximum Gasteiger partial charge on any atom is 0.156 e. The second-order valence-corrected chi connectivity index (χ2v) is 13.4. The van der Waals surface area contributed by atoms with E-state index in [1.54, 1.807) is 5.57 Å². The number of hydroxylamine groups is 2. The number of benzene rings is 1. The highest BCUT2D eigenvalue weighted by molar-refractivity contribution is 5.93. The molecule has 2 saturated heterocycles. The van der Waals surface area contributed by atoms with Crippen LogP contribution in [0.5, 0.6) is 0 Å². The fourth-order valence-electron chi connectivity index (χ4n) is 10.0. The molecule has 2 saturated carbocycles. The molecule has 0 aromatic heterocycles. The third-order valence-electron chi connectivity index (χ3n) is 11.9. The first-order valence-electron chi connectivity index (χ1n) is 15.2. The highest BCUT2D eigenvalue weighted by atomic mass is 16.5. The van der Waals surface area contributed by atoms with Gasteiger partial charge in [-0.2, -0.15) is 5.06 Å². The van der Waals surface area contributed by atoms with Gasteiger partial charge in [0.15, 0.2) is 5.78 Å². The number of hydrogen-bond donors (Lipinski definition) is 1. The molecule has 6 aliphatic rings. The van der Waals surface area contributed by atoms with E-state index in [9.17, 15) is 10.0 Å². The van der Waals surface area contributed by atoms with E-state index < -0.39 is 0 Å². The molecule has 4 heteroatoms. The van der Waals surface area contributed by atoms with E-state index in [4.69, 9.17) is 0 Å². The summed E-state index contributed by atoms with van der Waals surface area (Å²) in [6.45, 7) is 7.09. The van der Waals surface area contributed by atoms with Gasteiger partial charge in [0.1, 0.15) is 0 Å². The first-order valence-corrected chi connectivity index (χ1v) is 15.2. The van der Waals surface area contributed by atoms with Crippen molar-refractivity contribution in [3.05, 3.63) is 52.6 Å². The number of carbonyl (C=O) groups is 1. The lowest BCUT2D eigenvalue weighted by Gasteiger charge is -2.57. The third kappa shape index (κ3) is 3.50. The summed E-state index contributed by atoms with van der Waals surface area (Å²) in [5.74, 6) is 1.90. The first-order chi connectivity index (χ1) is 17.9. The highest BCUT2D eigenvalue weighted by Crippen LogP contribution is 2.70. The fraction of sp³-hybridized carbons (Fsp3) is 0.667. The smallest absolute Gasteiger partial charge is 0.156 e. The molecular weight excluding hydrogens is 456 g/mol. The molecule has 0 amide bonds. The quantitative estimate of drug-likeness (QED) is 0.467. The predicted molar refractivity (Wildman–Crippen MR) is 148 cm³/mol. The Bertz CT molecular complexity index is 1150. The second-order valence-electron chi connectivity index (χ2n) is 13.4. The van der Waals surface area contributed by atoms with Gasteiger partial charge in [-0.25, -0.2) is 0 Å². The molecule has 7 rings (SSSR count). The van der Waals surface area contributed by atoms with Gasteiger partial charge in [-0.3, -0.25) is 4.79 Å². The van der Waals surface area contributed by atoms with Gasteiger partial charge in [0.2, 0.25) is 0 Å². The number of piperidine rings is 1. The lowest BCUT2D eigenvalue weighted by molar-refractivity contribution is -0.211. The lowest BCUT2D eigenvalue weighted by Crippen LogP contribution is -2.57.